The van der Waals surface area contributed by atoms with Gasteiger partial charge in [-0.1, -0.05) is 17.7 Å². The monoisotopic (exact) mass is 268 g/mol. The number of aromatic nitrogens is 2. The van der Waals surface area contributed by atoms with E-state index in [9.17, 15) is 0 Å². The molecule has 20 heavy (non-hydrogen) atoms. The Hall–Kier alpha value is -2.10. The fourth-order valence-electron chi connectivity index (χ4n) is 2.78. The fourth-order valence-corrected chi connectivity index (χ4v) is 2.78. The van der Waals surface area contributed by atoms with E-state index in [2.05, 4.69) is 42.5 Å². The number of nitrogens with one attached hydrogen (secondary N) is 1. The van der Waals surface area contributed by atoms with Crippen molar-refractivity contribution in [2.45, 2.75) is 20.8 Å². The molecule has 1 aliphatic rings. The molecule has 0 fully saturated rings. The van der Waals surface area contributed by atoms with E-state index in [1.807, 2.05) is 18.7 Å². The van der Waals surface area contributed by atoms with Crippen molar-refractivity contribution in [3.63, 3.8) is 0 Å². The summed E-state index contributed by atoms with van der Waals surface area (Å²) in [5.74, 6) is 1.07. The minimum atomic E-state index is 0.789. The zero-order valence-electron chi connectivity index (χ0n) is 12.5. The topological polar surface area (TPSA) is 42.2 Å². The molecule has 104 valence electrons. The Bertz CT molecular complexity index is 695. The van der Waals surface area contributed by atoms with Gasteiger partial charge in [0.25, 0.3) is 0 Å². The Morgan fingerprint density at radius 3 is 2.80 bits per heavy atom. The first-order valence-corrected chi connectivity index (χ1v) is 6.98. The van der Waals surface area contributed by atoms with E-state index in [-0.39, 0.29) is 0 Å². The molecule has 2 heterocycles. The van der Waals surface area contributed by atoms with E-state index >= 15 is 0 Å². The summed E-state index contributed by atoms with van der Waals surface area (Å²) >= 11 is 0. The van der Waals surface area contributed by atoms with E-state index in [0.29, 0.717) is 0 Å². The summed E-state index contributed by atoms with van der Waals surface area (Å²) in [6, 6.07) is 6.53. The van der Waals surface area contributed by atoms with Crippen molar-refractivity contribution in [2.24, 2.45) is 12.0 Å². The normalized spacial score (nSPS) is 14.3. The van der Waals surface area contributed by atoms with Gasteiger partial charge in [0, 0.05) is 19.2 Å². The van der Waals surface area contributed by atoms with E-state index in [0.717, 1.165) is 35.9 Å². The highest BCUT2D eigenvalue weighted by molar-refractivity contribution is 6.17. The van der Waals surface area contributed by atoms with Gasteiger partial charge in [-0.3, -0.25) is 9.67 Å². The summed E-state index contributed by atoms with van der Waals surface area (Å²) in [4.78, 5) is 4.81. The lowest BCUT2D eigenvalue weighted by molar-refractivity contribution is 0.758. The van der Waals surface area contributed by atoms with Crippen LogP contribution in [-0.2, 0) is 7.05 Å². The van der Waals surface area contributed by atoms with E-state index in [4.69, 9.17) is 4.99 Å². The van der Waals surface area contributed by atoms with Crippen LogP contribution in [0.25, 0.3) is 0 Å². The van der Waals surface area contributed by atoms with Crippen molar-refractivity contribution in [3.8, 4) is 0 Å². The quantitative estimate of drug-likeness (QED) is 0.864. The van der Waals surface area contributed by atoms with Gasteiger partial charge in [-0.15, -0.1) is 0 Å². The molecule has 0 aliphatic carbocycles. The van der Waals surface area contributed by atoms with Gasteiger partial charge in [-0.25, -0.2) is 0 Å². The van der Waals surface area contributed by atoms with Crippen LogP contribution >= 0.6 is 0 Å². The third-order valence-corrected chi connectivity index (χ3v) is 3.78. The number of aryl methyl sites for hydroxylation is 4. The van der Waals surface area contributed by atoms with Gasteiger partial charge in [-0.05, 0) is 32.4 Å². The lowest BCUT2D eigenvalue weighted by Crippen LogP contribution is -2.09. The molecule has 4 nitrogen and oxygen atoms in total. The molecule has 0 radical (unpaired) electrons. The molecule has 1 aliphatic heterocycles. The largest absolute Gasteiger partial charge is 0.368 e. The molecule has 0 unspecified atom stereocenters. The van der Waals surface area contributed by atoms with Gasteiger partial charge in [0.15, 0.2) is 0 Å². The number of fused-ring (bicyclic) bond motifs is 1. The second-order valence-electron chi connectivity index (χ2n) is 5.41. The van der Waals surface area contributed by atoms with Crippen molar-refractivity contribution in [1.29, 1.82) is 0 Å². The van der Waals surface area contributed by atoms with Crippen LogP contribution in [0.3, 0.4) is 0 Å². The molecule has 1 aromatic carbocycles. The summed E-state index contributed by atoms with van der Waals surface area (Å²) in [7, 11) is 1.98. The van der Waals surface area contributed by atoms with Gasteiger partial charge >= 0.3 is 0 Å². The Balaban J connectivity index is 2.24. The van der Waals surface area contributed by atoms with Crippen molar-refractivity contribution in [1.82, 2.24) is 9.78 Å². The molecule has 0 atom stereocenters. The van der Waals surface area contributed by atoms with E-state index in [1.165, 1.54) is 16.7 Å². The van der Waals surface area contributed by atoms with Gasteiger partial charge < -0.3 is 5.32 Å². The predicted molar refractivity (Wildman–Crippen MR) is 82.9 cm³/mol. The summed E-state index contributed by atoms with van der Waals surface area (Å²) in [6.07, 6.45) is 0. The van der Waals surface area contributed by atoms with Crippen LogP contribution in [0.1, 0.15) is 27.9 Å². The van der Waals surface area contributed by atoms with Crippen molar-refractivity contribution < 1.29 is 0 Å². The Morgan fingerprint density at radius 1 is 1.20 bits per heavy atom. The lowest BCUT2D eigenvalue weighted by Gasteiger charge is -2.11. The van der Waals surface area contributed by atoms with Gasteiger partial charge in [0.05, 0.1) is 23.5 Å². The molecule has 3 rings (SSSR count). The van der Waals surface area contributed by atoms with Crippen molar-refractivity contribution >= 4 is 11.5 Å². The molecule has 0 amide bonds. The molecule has 2 aromatic rings. The second kappa shape index (κ2) is 4.78. The number of hydrogen-bond acceptors (Lipinski definition) is 3. The second-order valence-corrected chi connectivity index (χ2v) is 5.41. The van der Waals surface area contributed by atoms with Crippen LogP contribution in [0, 0.1) is 20.8 Å². The zero-order chi connectivity index (χ0) is 14.3. The van der Waals surface area contributed by atoms with Gasteiger partial charge in [-0.2, -0.15) is 5.10 Å². The molecule has 1 N–H and O–H groups in total. The minimum Gasteiger partial charge on any atom is -0.368 e. The maximum absolute atomic E-state index is 4.81. The summed E-state index contributed by atoms with van der Waals surface area (Å²) in [5.41, 5.74) is 6.96. The first-order chi connectivity index (χ1) is 9.58. The Kier molecular flexibility index (Phi) is 3.08. The van der Waals surface area contributed by atoms with E-state index in [1.54, 1.807) is 0 Å². The molecular weight excluding hydrogens is 248 g/mol. The third kappa shape index (κ3) is 2.01. The number of aliphatic imine (C=N–C) groups is 1. The molecule has 0 saturated heterocycles. The lowest BCUT2D eigenvalue weighted by atomic mass is 9.96. The molecular formula is C16H20N4. The number of nitrogens with zero attached hydrogens (tertiary/aromatic N) is 3. The molecule has 0 saturated carbocycles. The SMILES string of the molecule is Cc1ccc(C)c(C2=NCCNc3c2c(C)nn3C)c1. The third-order valence-electron chi connectivity index (χ3n) is 3.78. The van der Waals surface area contributed by atoms with E-state index < -0.39 is 0 Å². The molecule has 1 aromatic heterocycles. The first-order valence-electron chi connectivity index (χ1n) is 6.98. The van der Waals surface area contributed by atoms with Gasteiger partial charge in [0.1, 0.15) is 5.82 Å². The standard InChI is InChI=1S/C16H20N4/c1-10-5-6-11(2)13(9-10)15-14-12(3)19-20(4)16(14)18-8-7-17-15/h5-6,9,18H,7-8H2,1-4H3. The molecule has 0 bridgehead atoms. The summed E-state index contributed by atoms with van der Waals surface area (Å²) in [6.45, 7) is 7.94. The number of rotatable bonds is 1. The first kappa shape index (κ1) is 12.9. The fraction of sp³-hybridized carbons (Fsp3) is 0.375. The summed E-state index contributed by atoms with van der Waals surface area (Å²) < 4.78 is 1.91. The van der Waals surface area contributed by atoms with Crippen LogP contribution in [0.15, 0.2) is 23.2 Å². The van der Waals surface area contributed by atoms with Crippen LogP contribution in [-0.4, -0.2) is 28.6 Å². The number of benzene rings is 1. The number of hydrogen-bond donors (Lipinski definition) is 1. The number of anilines is 1. The minimum absolute atomic E-state index is 0.789. The molecule has 4 heteroatoms. The maximum Gasteiger partial charge on any atom is 0.133 e. The highest BCUT2D eigenvalue weighted by Crippen LogP contribution is 2.26. The van der Waals surface area contributed by atoms with Crippen LogP contribution in [0.2, 0.25) is 0 Å². The van der Waals surface area contributed by atoms with Crippen LogP contribution in [0.4, 0.5) is 5.82 Å². The van der Waals surface area contributed by atoms with Crippen molar-refractivity contribution in [3.05, 3.63) is 46.1 Å². The Morgan fingerprint density at radius 2 is 2.00 bits per heavy atom. The average molecular weight is 268 g/mol. The highest BCUT2D eigenvalue weighted by Gasteiger charge is 2.22. The smallest absolute Gasteiger partial charge is 0.133 e. The van der Waals surface area contributed by atoms with Crippen LogP contribution in [0.5, 0.6) is 0 Å². The summed E-state index contributed by atoms with van der Waals surface area (Å²) in [5, 5.41) is 7.97. The average Bonchev–Trinajstić information content (AvgIpc) is 2.61. The highest BCUT2D eigenvalue weighted by atomic mass is 15.3. The zero-order valence-corrected chi connectivity index (χ0v) is 12.5. The van der Waals surface area contributed by atoms with Gasteiger partial charge in [0.2, 0.25) is 0 Å². The van der Waals surface area contributed by atoms with Crippen molar-refractivity contribution in [2.75, 3.05) is 18.4 Å². The predicted octanol–water partition coefficient (Wildman–Crippen LogP) is 2.61. The van der Waals surface area contributed by atoms with Crippen LogP contribution < -0.4 is 5.32 Å². The molecule has 0 spiro atoms. The Labute approximate surface area is 119 Å². The maximum atomic E-state index is 4.81.